The van der Waals surface area contributed by atoms with Gasteiger partial charge in [0.1, 0.15) is 10.1 Å². The van der Waals surface area contributed by atoms with Crippen LogP contribution in [0.2, 0.25) is 0 Å². The largest absolute Gasteiger partial charge is 0.744 e. The molecule has 0 N–H and O–H groups in total. The second kappa shape index (κ2) is 4.37. The summed E-state index contributed by atoms with van der Waals surface area (Å²) in [5.41, 5.74) is 1.73. The number of carbonyl (C=O) groups is 1. The molecule has 1 amide bonds. The molecule has 2 rings (SSSR count). The van der Waals surface area contributed by atoms with Crippen LogP contribution in [0, 0.1) is 13.8 Å². The Kier molecular flexibility index (Phi) is 3.16. The third kappa shape index (κ3) is 2.13. The molecule has 0 bridgehead atoms. The Hall–Kier alpha value is -1.40. The summed E-state index contributed by atoms with van der Waals surface area (Å²) in [5, 5.41) is 0. The summed E-state index contributed by atoms with van der Waals surface area (Å²) < 4.78 is 33.5. The van der Waals surface area contributed by atoms with Gasteiger partial charge in [0.2, 0.25) is 5.91 Å². The van der Waals surface area contributed by atoms with Crippen LogP contribution in [0.5, 0.6) is 0 Å². The molecule has 1 aliphatic heterocycles. The molecule has 1 heterocycles. The molecular formula is C12H14NO4S-. The summed E-state index contributed by atoms with van der Waals surface area (Å²) in [6.07, 6.45) is 1.22. The molecule has 0 radical (unpaired) electrons. The number of carbonyl (C=O) groups excluding carboxylic acids is 1. The van der Waals surface area contributed by atoms with Crippen LogP contribution >= 0.6 is 0 Å². The van der Waals surface area contributed by atoms with Gasteiger partial charge >= 0.3 is 0 Å². The predicted molar refractivity (Wildman–Crippen MR) is 65.5 cm³/mol. The van der Waals surface area contributed by atoms with Crippen LogP contribution in [0.1, 0.15) is 24.0 Å². The van der Waals surface area contributed by atoms with Crippen molar-refractivity contribution < 1.29 is 17.8 Å². The van der Waals surface area contributed by atoms with Crippen LogP contribution in [-0.4, -0.2) is 25.4 Å². The van der Waals surface area contributed by atoms with Crippen molar-refractivity contribution in [3.63, 3.8) is 0 Å². The molecule has 5 nitrogen and oxygen atoms in total. The maximum atomic E-state index is 11.7. The zero-order valence-electron chi connectivity index (χ0n) is 10.3. The minimum absolute atomic E-state index is 0.0263. The first-order chi connectivity index (χ1) is 8.32. The van der Waals surface area contributed by atoms with Gasteiger partial charge < -0.3 is 9.45 Å². The van der Waals surface area contributed by atoms with Crippen molar-refractivity contribution >= 4 is 21.7 Å². The van der Waals surface area contributed by atoms with Gasteiger partial charge in [-0.25, -0.2) is 8.42 Å². The number of nitrogens with zero attached hydrogens (tertiary/aromatic N) is 1. The van der Waals surface area contributed by atoms with E-state index in [2.05, 4.69) is 0 Å². The first-order valence-corrected chi connectivity index (χ1v) is 7.09. The molecule has 98 valence electrons. The highest BCUT2D eigenvalue weighted by Gasteiger charge is 2.26. The number of hydrogen-bond acceptors (Lipinski definition) is 4. The van der Waals surface area contributed by atoms with Crippen molar-refractivity contribution in [2.24, 2.45) is 0 Å². The summed E-state index contributed by atoms with van der Waals surface area (Å²) >= 11 is 0. The highest BCUT2D eigenvalue weighted by molar-refractivity contribution is 7.85. The summed E-state index contributed by atoms with van der Waals surface area (Å²) in [6.45, 7) is 3.94. The number of hydrogen-bond donors (Lipinski definition) is 0. The zero-order chi connectivity index (χ0) is 13.5. The zero-order valence-corrected chi connectivity index (χ0v) is 11.1. The normalized spacial score (nSPS) is 16.4. The van der Waals surface area contributed by atoms with Crippen molar-refractivity contribution in [2.75, 3.05) is 11.4 Å². The van der Waals surface area contributed by atoms with Gasteiger partial charge in [-0.15, -0.1) is 0 Å². The molecule has 0 unspecified atom stereocenters. The minimum Gasteiger partial charge on any atom is -0.744 e. The van der Waals surface area contributed by atoms with E-state index in [4.69, 9.17) is 0 Å². The highest BCUT2D eigenvalue weighted by Crippen LogP contribution is 2.32. The molecule has 0 aliphatic carbocycles. The van der Waals surface area contributed by atoms with Gasteiger partial charge in [-0.05, 0) is 37.5 Å². The maximum Gasteiger partial charge on any atom is 0.227 e. The maximum absolute atomic E-state index is 11.7. The van der Waals surface area contributed by atoms with Gasteiger partial charge in [-0.3, -0.25) is 4.79 Å². The van der Waals surface area contributed by atoms with Crippen LogP contribution in [0.15, 0.2) is 17.0 Å². The lowest BCUT2D eigenvalue weighted by molar-refractivity contribution is -0.117. The topological polar surface area (TPSA) is 77.5 Å². The lowest BCUT2D eigenvalue weighted by atomic mass is 10.1. The van der Waals surface area contributed by atoms with Crippen LogP contribution in [0.25, 0.3) is 0 Å². The molecule has 0 saturated carbocycles. The Morgan fingerprint density at radius 2 is 1.94 bits per heavy atom. The quantitative estimate of drug-likeness (QED) is 0.758. The van der Waals surface area contributed by atoms with Gasteiger partial charge in [-0.1, -0.05) is 6.07 Å². The SMILES string of the molecule is Cc1ccc(S(=O)(=O)[O-])c(C)c1N1CCCC1=O. The monoisotopic (exact) mass is 268 g/mol. The molecule has 1 aliphatic rings. The van der Waals surface area contributed by atoms with E-state index in [1.165, 1.54) is 6.07 Å². The van der Waals surface area contributed by atoms with Crippen molar-refractivity contribution in [1.82, 2.24) is 0 Å². The minimum atomic E-state index is -4.51. The standard InChI is InChI=1S/C12H15NO4S/c1-8-5-6-10(18(15,16)17)9(2)12(8)13-7-3-4-11(13)14/h5-6H,3-4,7H2,1-2H3,(H,15,16,17)/p-1. The van der Waals surface area contributed by atoms with Crippen molar-refractivity contribution in [2.45, 2.75) is 31.6 Å². The Labute approximate surface area is 106 Å². The summed E-state index contributed by atoms with van der Waals surface area (Å²) in [7, 11) is -4.51. The number of aryl methyl sites for hydroxylation is 1. The van der Waals surface area contributed by atoms with E-state index in [0.29, 0.717) is 24.2 Å². The molecule has 6 heteroatoms. The molecule has 0 aromatic heterocycles. The van der Waals surface area contributed by atoms with E-state index in [-0.39, 0.29) is 10.8 Å². The van der Waals surface area contributed by atoms with Gasteiger partial charge in [0.25, 0.3) is 0 Å². The van der Waals surface area contributed by atoms with Gasteiger partial charge in [0, 0.05) is 13.0 Å². The summed E-state index contributed by atoms with van der Waals surface area (Å²) in [4.78, 5) is 13.1. The third-order valence-corrected chi connectivity index (χ3v) is 4.18. The highest BCUT2D eigenvalue weighted by atomic mass is 32.2. The third-order valence-electron chi connectivity index (χ3n) is 3.20. The average molecular weight is 268 g/mol. The Bertz CT molecular complexity index is 607. The van der Waals surface area contributed by atoms with E-state index in [1.54, 1.807) is 24.8 Å². The number of amides is 1. The van der Waals surface area contributed by atoms with Crippen molar-refractivity contribution in [3.8, 4) is 0 Å². The Morgan fingerprint density at radius 3 is 2.44 bits per heavy atom. The van der Waals surface area contributed by atoms with E-state index >= 15 is 0 Å². The van der Waals surface area contributed by atoms with Gasteiger partial charge in [-0.2, -0.15) is 0 Å². The number of benzene rings is 1. The predicted octanol–water partition coefficient (Wildman–Crippen LogP) is 1.33. The van der Waals surface area contributed by atoms with Crippen molar-refractivity contribution in [3.05, 3.63) is 23.3 Å². The van der Waals surface area contributed by atoms with Gasteiger partial charge in [0.15, 0.2) is 0 Å². The fourth-order valence-electron chi connectivity index (χ4n) is 2.39. The van der Waals surface area contributed by atoms with E-state index < -0.39 is 10.1 Å². The van der Waals surface area contributed by atoms with E-state index in [0.717, 1.165) is 12.0 Å². The molecule has 0 spiro atoms. The molecule has 18 heavy (non-hydrogen) atoms. The second-order valence-corrected chi connectivity index (χ2v) is 5.81. The van der Waals surface area contributed by atoms with Crippen molar-refractivity contribution in [1.29, 1.82) is 0 Å². The smallest absolute Gasteiger partial charge is 0.227 e. The molecule has 0 atom stereocenters. The Balaban J connectivity index is 2.63. The van der Waals surface area contributed by atoms with Gasteiger partial charge in [0.05, 0.1) is 10.6 Å². The van der Waals surface area contributed by atoms with E-state index in [9.17, 15) is 17.8 Å². The first-order valence-electron chi connectivity index (χ1n) is 5.69. The summed E-state index contributed by atoms with van der Waals surface area (Å²) in [6, 6.07) is 2.87. The first kappa shape index (κ1) is 13.0. The number of rotatable bonds is 2. The van der Waals surface area contributed by atoms with Crippen LogP contribution in [0.4, 0.5) is 5.69 Å². The molecule has 1 aromatic rings. The summed E-state index contributed by atoms with van der Waals surface area (Å²) in [5.74, 6) is -0.0263. The molecule has 1 saturated heterocycles. The van der Waals surface area contributed by atoms with E-state index in [1.807, 2.05) is 0 Å². The van der Waals surface area contributed by atoms with Crippen LogP contribution in [-0.2, 0) is 14.9 Å². The molecule has 1 fully saturated rings. The Morgan fingerprint density at radius 1 is 1.28 bits per heavy atom. The number of anilines is 1. The fourth-order valence-corrected chi connectivity index (χ4v) is 3.09. The molecule has 1 aromatic carbocycles. The van der Waals surface area contributed by atoms with Crippen LogP contribution in [0.3, 0.4) is 0 Å². The fraction of sp³-hybridized carbons (Fsp3) is 0.417. The second-order valence-electron chi connectivity index (χ2n) is 4.46. The lowest BCUT2D eigenvalue weighted by Crippen LogP contribution is -2.26. The molecular weight excluding hydrogens is 254 g/mol. The lowest BCUT2D eigenvalue weighted by Gasteiger charge is -2.23. The average Bonchev–Trinajstić information content (AvgIpc) is 2.63. The van der Waals surface area contributed by atoms with Crippen LogP contribution < -0.4 is 4.90 Å².